The fraction of sp³-hybridized carbons (Fsp3) is 0.125. The quantitative estimate of drug-likeness (QED) is 0.217. The number of carbonyl (C=O) groups is 1. The van der Waals surface area contributed by atoms with E-state index in [1.165, 1.54) is 0 Å². The SMILES string of the molecule is O=C(OC(CI)CC=Cc1cccc(NS(=O)(=O)c2ccccc2)c1)c1ccccc1. The molecule has 160 valence electrons. The van der Waals surface area contributed by atoms with Gasteiger partial charge in [0.05, 0.1) is 10.5 Å². The van der Waals surface area contributed by atoms with Gasteiger partial charge in [-0.3, -0.25) is 4.72 Å². The number of rotatable bonds is 9. The predicted molar refractivity (Wildman–Crippen MR) is 132 cm³/mol. The van der Waals surface area contributed by atoms with Gasteiger partial charge in [-0.15, -0.1) is 0 Å². The highest BCUT2D eigenvalue weighted by atomic mass is 127. The Morgan fingerprint density at radius 2 is 1.65 bits per heavy atom. The van der Waals surface area contributed by atoms with Crippen molar-refractivity contribution in [2.24, 2.45) is 0 Å². The van der Waals surface area contributed by atoms with E-state index >= 15 is 0 Å². The zero-order valence-corrected chi connectivity index (χ0v) is 19.6. The van der Waals surface area contributed by atoms with Crippen LogP contribution in [0.3, 0.4) is 0 Å². The van der Waals surface area contributed by atoms with Crippen LogP contribution < -0.4 is 4.72 Å². The summed E-state index contributed by atoms with van der Waals surface area (Å²) in [6, 6.07) is 24.3. The third-order valence-corrected chi connectivity index (χ3v) is 6.74. The van der Waals surface area contributed by atoms with Crippen molar-refractivity contribution in [3.63, 3.8) is 0 Å². The third kappa shape index (κ3) is 6.93. The molecular weight excluding hydrogens is 525 g/mol. The minimum Gasteiger partial charge on any atom is -0.458 e. The second-order valence-corrected chi connectivity index (χ2v) is 9.29. The second-order valence-electron chi connectivity index (χ2n) is 6.73. The molecule has 3 aromatic carbocycles. The molecule has 0 aliphatic rings. The van der Waals surface area contributed by atoms with Gasteiger partial charge in [0, 0.05) is 16.5 Å². The summed E-state index contributed by atoms with van der Waals surface area (Å²) in [7, 11) is -3.64. The lowest BCUT2D eigenvalue weighted by molar-refractivity contribution is 0.0363. The number of hydrogen-bond donors (Lipinski definition) is 1. The highest BCUT2D eigenvalue weighted by Crippen LogP contribution is 2.18. The molecule has 0 saturated heterocycles. The number of ether oxygens (including phenoxy) is 1. The maximum Gasteiger partial charge on any atom is 0.338 e. The Hall–Kier alpha value is -2.65. The molecule has 0 saturated carbocycles. The van der Waals surface area contributed by atoms with Gasteiger partial charge in [0.2, 0.25) is 0 Å². The van der Waals surface area contributed by atoms with E-state index in [-0.39, 0.29) is 17.0 Å². The van der Waals surface area contributed by atoms with E-state index in [1.54, 1.807) is 72.8 Å². The molecule has 5 nitrogen and oxygen atoms in total. The lowest BCUT2D eigenvalue weighted by atomic mass is 10.1. The normalized spacial score (nSPS) is 12.4. The summed E-state index contributed by atoms with van der Waals surface area (Å²) in [5, 5.41) is 0. The number of benzene rings is 3. The van der Waals surface area contributed by atoms with Crippen LogP contribution in [0.2, 0.25) is 0 Å². The van der Waals surface area contributed by atoms with Crippen LogP contribution in [0, 0.1) is 0 Å². The summed E-state index contributed by atoms with van der Waals surface area (Å²) in [6.07, 6.45) is 4.12. The minimum absolute atomic E-state index is 0.209. The molecule has 0 aliphatic carbocycles. The molecule has 0 amide bonds. The molecule has 1 atom stereocenters. The number of sulfonamides is 1. The van der Waals surface area contributed by atoms with Crippen molar-refractivity contribution < 1.29 is 17.9 Å². The Kier molecular flexibility index (Phi) is 8.25. The molecule has 1 unspecified atom stereocenters. The zero-order valence-electron chi connectivity index (χ0n) is 16.6. The van der Waals surface area contributed by atoms with Crippen molar-refractivity contribution in [1.29, 1.82) is 0 Å². The number of alkyl halides is 1. The van der Waals surface area contributed by atoms with E-state index in [9.17, 15) is 13.2 Å². The topological polar surface area (TPSA) is 72.5 Å². The molecule has 0 fully saturated rings. The first-order chi connectivity index (χ1) is 15.0. The van der Waals surface area contributed by atoms with Gasteiger partial charge < -0.3 is 4.74 Å². The number of halogens is 1. The maximum atomic E-state index is 12.5. The van der Waals surface area contributed by atoms with Crippen LogP contribution in [0.25, 0.3) is 6.08 Å². The van der Waals surface area contributed by atoms with Crippen molar-refractivity contribution in [1.82, 2.24) is 0 Å². The molecule has 0 aliphatic heterocycles. The van der Waals surface area contributed by atoms with Gasteiger partial charge in [-0.05, 0) is 42.0 Å². The van der Waals surface area contributed by atoms with Gasteiger partial charge in [-0.1, -0.05) is 83.3 Å². The van der Waals surface area contributed by atoms with E-state index in [2.05, 4.69) is 27.3 Å². The molecule has 0 spiro atoms. The van der Waals surface area contributed by atoms with Crippen molar-refractivity contribution in [2.45, 2.75) is 17.4 Å². The summed E-state index contributed by atoms with van der Waals surface area (Å²) in [4.78, 5) is 12.4. The largest absolute Gasteiger partial charge is 0.458 e. The van der Waals surface area contributed by atoms with Gasteiger partial charge in [0.25, 0.3) is 10.0 Å². The summed E-state index contributed by atoms with van der Waals surface area (Å²) in [5.74, 6) is -0.340. The van der Waals surface area contributed by atoms with E-state index in [0.717, 1.165) is 5.56 Å². The lowest BCUT2D eigenvalue weighted by Gasteiger charge is -2.13. The molecule has 0 radical (unpaired) electrons. The van der Waals surface area contributed by atoms with Crippen LogP contribution in [-0.2, 0) is 14.8 Å². The first kappa shape index (κ1) is 23.0. The number of carbonyl (C=O) groups excluding carboxylic acids is 1. The van der Waals surface area contributed by atoms with Gasteiger partial charge in [-0.25, -0.2) is 13.2 Å². The van der Waals surface area contributed by atoms with Crippen LogP contribution in [0.15, 0.2) is 95.9 Å². The van der Waals surface area contributed by atoms with Crippen LogP contribution >= 0.6 is 22.6 Å². The molecule has 0 aromatic heterocycles. The summed E-state index contributed by atoms with van der Waals surface area (Å²) >= 11 is 2.19. The van der Waals surface area contributed by atoms with E-state index in [4.69, 9.17) is 4.74 Å². The standard InChI is InChI=1S/C24H22INO4S/c25-18-22(30-24(27)20-11-3-1-4-12-20)14-8-10-19-9-7-13-21(17-19)26-31(28,29)23-15-5-2-6-16-23/h1-13,15-17,22,26H,14,18H2. The van der Waals surface area contributed by atoms with Crippen LogP contribution in [0.5, 0.6) is 0 Å². The molecule has 31 heavy (non-hydrogen) atoms. The van der Waals surface area contributed by atoms with E-state index < -0.39 is 10.0 Å². The summed E-state index contributed by atoms with van der Waals surface area (Å²) in [5.41, 5.74) is 1.85. The van der Waals surface area contributed by atoms with Crippen LogP contribution in [0.1, 0.15) is 22.3 Å². The molecule has 0 bridgehead atoms. The van der Waals surface area contributed by atoms with Crippen molar-refractivity contribution in [3.05, 3.63) is 102 Å². The highest BCUT2D eigenvalue weighted by molar-refractivity contribution is 14.1. The lowest BCUT2D eigenvalue weighted by Crippen LogP contribution is -2.19. The smallest absolute Gasteiger partial charge is 0.338 e. The first-order valence-corrected chi connectivity index (χ1v) is 12.7. The minimum atomic E-state index is -3.64. The van der Waals surface area contributed by atoms with Crippen molar-refractivity contribution >= 4 is 50.3 Å². The van der Waals surface area contributed by atoms with Gasteiger partial charge in [-0.2, -0.15) is 0 Å². The first-order valence-electron chi connectivity index (χ1n) is 9.64. The monoisotopic (exact) mass is 547 g/mol. The van der Waals surface area contributed by atoms with Gasteiger partial charge in [0.1, 0.15) is 6.10 Å². The molecule has 1 N–H and O–H groups in total. The number of nitrogens with one attached hydrogen (secondary N) is 1. The Labute approximate surface area is 196 Å². The number of hydrogen-bond acceptors (Lipinski definition) is 4. The number of anilines is 1. The Bertz CT molecular complexity index is 1130. The number of esters is 1. The predicted octanol–water partition coefficient (Wildman–Crippen LogP) is 5.55. The van der Waals surface area contributed by atoms with Gasteiger partial charge in [0.15, 0.2) is 0 Å². The third-order valence-electron chi connectivity index (χ3n) is 4.36. The zero-order chi connectivity index (χ0) is 22.1. The van der Waals surface area contributed by atoms with Crippen molar-refractivity contribution in [3.8, 4) is 0 Å². The molecule has 3 rings (SSSR count). The fourth-order valence-corrected chi connectivity index (χ4v) is 4.42. The highest BCUT2D eigenvalue weighted by Gasteiger charge is 2.14. The van der Waals surface area contributed by atoms with Gasteiger partial charge >= 0.3 is 5.97 Å². The fourth-order valence-electron chi connectivity index (χ4n) is 2.81. The molecule has 3 aromatic rings. The van der Waals surface area contributed by atoms with Crippen LogP contribution in [-0.4, -0.2) is 24.9 Å². The van der Waals surface area contributed by atoms with Crippen LogP contribution in [0.4, 0.5) is 5.69 Å². The summed E-state index contributed by atoms with van der Waals surface area (Å²) in [6.45, 7) is 0. The Morgan fingerprint density at radius 3 is 2.32 bits per heavy atom. The molecule has 7 heteroatoms. The Balaban J connectivity index is 1.61. The maximum absolute atomic E-state index is 12.5. The molecular formula is C24H22INO4S. The average molecular weight is 547 g/mol. The average Bonchev–Trinajstić information content (AvgIpc) is 2.79. The van der Waals surface area contributed by atoms with E-state index in [1.807, 2.05) is 24.3 Å². The summed E-state index contributed by atoms with van der Waals surface area (Å²) < 4.78 is 33.8. The van der Waals surface area contributed by atoms with E-state index in [0.29, 0.717) is 22.1 Å². The Morgan fingerprint density at radius 1 is 0.968 bits per heavy atom. The second kappa shape index (κ2) is 11.1. The molecule has 0 heterocycles. The van der Waals surface area contributed by atoms with Crippen molar-refractivity contribution in [2.75, 3.05) is 9.15 Å².